The minimum Gasteiger partial charge on any atom is -0.496 e. The SMILES string of the molecule is COc1cc(CNC(=O)C(C)C2CNC2)ccc1C.Cl. The minimum atomic E-state index is 0. The van der Waals surface area contributed by atoms with Crippen LogP contribution >= 0.6 is 12.4 Å². The molecule has 0 radical (unpaired) electrons. The van der Waals surface area contributed by atoms with Gasteiger partial charge >= 0.3 is 0 Å². The first kappa shape index (κ1) is 16.8. The number of hydrogen-bond donors (Lipinski definition) is 2. The number of carbonyl (C=O) groups is 1. The molecule has 4 nitrogen and oxygen atoms in total. The van der Waals surface area contributed by atoms with E-state index in [1.54, 1.807) is 7.11 Å². The van der Waals surface area contributed by atoms with Gasteiger partial charge in [0.25, 0.3) is 0 Å². The van der Waals surface area contributed by atoms with Crippen molar-refractivity contribution in [2.24, 2.45) is 11.8 Å². The van der Waals surface area contributed by atoms with E-state index in [0.717, 1.165) is 30.0 Å². The Morgan fingerprint density at radius 1 is 1.50 bits per heavy atom. The number of amides is 1. The minimum absolute atomic E-state index is 0. The standard InChI is InChI=1S/C15H22N2O2.ClH/c1-10-4-5-12(6-14(10)19-3)7-17-15(18)11(2)13-8-16-9-13;/h4-6,11,13,16H,7-9H2,1-3H3,(H,17,18);1H. The monoisotopic (exact) mass is 298 g/mol. The van der Waals surface area contributed by atoms with Crippen LogP contribution in [0.25, 0.3) is 0 Å². The van der Waals surface area contributed by atoms with Crippen molar-refractivity contribution in [3.05, 3.63) is 29.3 Å². The summed E-state index contributed by atoms with van der Waals surface area (Å²) in [6.45, 7) is 6.46. The summed E-state index contributed by atoms with van der Waals surface area (Å²) in [6.07, 6.45) is 0. The Kier molecular flexibility index (Phi) is 6.30. The molecule has 0 saturated carbocycles. The summed E-state index contributed by atoms with van der Waals surface area (Å²) < 4.78 is 5.28. The highest BCUT2D eigenvalue weighted by atomic mass is 35.5. The molecular formula is C15H23ClN2O2. The van der Waals surface area contributed by atoms with Crippen LogP contribution in [0.2, 0.25) is 0 Å². The third kappa shape index (κ3) is 3.87. The topological polar surface area (TPSA) is 50.4 Å². The first-order valence-electron chi connectivity index (χ1n) is 6.73. The summed E-state index contributed by atoms with van der Waals surface area (Å²) in [4.78, 5) is 12.0. The molecule has 20 heavy (non-hydrogen) atoms. The third-order valence-electron chi connectivity index (χ3n) is 3.87. The molecule has 1 aromatic carbocycles. The summed E-state index contributed by atoms with van der Waals surface area (Å²) in [5, 5.41) is 6.19. The maximum absolute atomic E-state index is 12.0. The second-order valence-corrected chi connectivity index (χ2v) is 5.23. The molecule has 1 aliphatic heterocycles. The number of halogens is 1. The van der Waals surface area contributed by atoms with Crippen molar-refractivity contribution < 1.29 is 9.53 Å². The lowest BCUT2D eigenvalue weighted by Crippen LogP contribution is -2.49. The van der Waals surface area contributed by atoms with Gasteiger partial charge in [-0.1, -0.05) is 19.1 Å². The molecule has 0 aliphatic carbocycles. The van der Waals surface area contributed by atoms with E-state index in [1.807, 2.05) is 32.0 Å². The Bertz CT molecular complexity index is 461. The molecule has 1 fully saturated rings. The van der Waals surface area contributed by atoms with E-state index < -0.39 is 0 Å². The quantitative estimate of drug-likeness (QED) is 0.873. The smallest absolute Gasteiger partial charge is 0.223 e. The van der Waals surface area contributed by atoms with E-state index in [4.69, 9.17) is 4.74 Å². The number of aryl methyl sites for hydroxylation is 1. The highest BCUT2D eigenvalue weighted by molar-refractivity contribution is 5.85. The van der Waals surface area contributed by atoms with Crippen LogP contribution in [-0.4, -0.2) is 26.1 Å². The van der Waals surface area contributed by atoms with E-state index in [9.17, 15) is 4.79 Å². The van der Waals surface area contributed by atoms with Crippen molar-refractivity contribution >= 4 is 18.3 Å². The van der Waals surface area contributed by atoms with Crippen molar-refractivity contribution in [1.29, 1.82) is 0 Å². The van der Waals surface area contributed by atoms with E-state index in [1.165, 1.54) is 0 Å². The maximum Gasteiger partial charge on any atom is 0.223 e. The number of rotatable bonds is 5. The average molecular weight is 299 g/mol. The fourth-order valence-electron chi connectivity index (χ4n) is 2.20. The second kappa shape index (κ2) is 7.50. The van der Waals surface area contributed by atoms with Crippen molar-refractivity contribution in [2.75, 3.05) is 20.2 Å². The van der Waals surface area contributed by atoms with Gasteiger partial charge < -0.3 is 15.4 Å². The van der Waals surface area contributed by atoms with Gasteiger partial charge in [-0.15, -0.1) is 12.4 Å². The molecule has 2 N–H and O–H groups in total. The molecule has 1 atom stereocenters. The first-order chi connectivity index (χ1) is 9.11. The lowest BCUT2D eigenvalue weighted by Gasteiger charge is -2.31. The van der Waals surface area contributed by atoms with Gasteiger partial charge in [-0.05, 0) is 43.1 Å². The van der Waals surface area contributed by atoms with Gasteiger partial charge in [0.2, 0.25) is 5.91 Å². The van der Waals surface area contributed by atoms with Gasteiger partial charge in [-0.2, -0.15) is 0 Å². The van der Waals surface area contributed by atoms with Gasteiger partial charge in [0.05, 0.1) is 7.11 Å². The van der Waals surface area contributed by atoms with Gasteiger partial charge in [0, 0.05) is 12.5 Å². The number of hydrogen-bond acceptors (Lipinski definition) is 3. The number of ether oxygens (including phenoxy) is 1. The predicted octanol–water partition coefficient (Wildman–Crippen LogP) is 1.90. The maximum atomic E-state index is 12.0. The third-order valence-corrected chi connectivity index (χ3v) is 3.87. The first-order valence-corrected chi connectivity index (χ1v) is 6.73. The zero-order valence-electron chi connectivity index (χ0n) is 12.2. The second-order valence-electron chi connectivity index (χ2n) is 5.23. The van der Waals surface area contributed by atoms with Crippen LogP contribution in [0.4, 0.5) is 0 Å². The molecule has 5 heteroatoms. The molecule has 0 aromatic heterocycles. The van der Waals surface area contributed by atoms with Crippen LogP contribution in [0.5, 0.6) is 5.75 Å². The molecule has 2 rings (SSSR count). The zero-order chi connectivity index (χ0) is 13.8. The Hall–Kier alpha value is -1.26. The molecular weight excluding hydrogens is 276 g/mol. The fourth-order valence-corrected chi connectivity index (χ4v) is 2.20. The molecule has 1 aromatic rings. The summed E-state index contributed by atoms with van der Waals surface area (Å²) in [5.41, 5.74) is 2.17. The van der Waals surface area contributed by atoms with Gasteiger partial charge in [0.1, 0.15) is 5.75 Å². The number of carbonyl (C=O) groups excluding carboxylic acids is 1. The van der Waals surface area contributed by atoms with Crippen LogP contribution < -0.4 is 15.4 Å². The van der Waals surface area contributed by atoms with E-state index >= 15 is 0 Å². The number of nitrogens with one attached hydrogen (secondary N) is 2. The molecule has 1 unspecified atom stereocenters. The number of benzene rings is 1. The fraction of sp³-hybridized carbons (Fsp3) is 0.533. The van der Waals surface area contributed by atoms with E-state index in [0.29, 0.717) is 12.5 Å². The number of methoxy groups -OCH3 is 1. The highest BCUT2D eigenvalue weighted by Crippen LogP contribution is 2.19. The van der Waals surface area contributed by atoms with Crippen LogP contribution in [0, 0.1) is 18.8 Å². The highest BCUT2D eigenvalue weighted by Gasteiger charge is 2.28. The van der Waals surface area contributed by atoms with Gasteiger partial charge in [0.15, 0.2) is 0 Å². The summed E-state index contributed by atoms with van der Waals surface area (Å²) >= 11 is 0. The molecule has 112 valence electrons. The van der Waals surface area contributed by atoms with Crippen molar-refractivity contribution in [1.82, 2.24) is 10.6 Å². The molecule has 1 heterocycles. The summed E-state index contributed by atoms with van der Waals surface area (Å²) in [5.74, 6) is 1.55. The molecule has 0 spiro atoms. The molecule has 1 aliphatic rings. The summed E-state index contributed by atoms with van der Waals surface area (Å²) in [7, 11) is 1.66. The lowest BCUT2D eigenvalue weighted by atomic mass is 9.88. The average Bonchev–Trinajstić information content (AvgIpc) is 2.35. The van der Waals surface area contributed by atoms with Crippen molar-refractivity contribution in [2.45, 2.75) is 20.4 Å². The van der Waals surface area contributed by atoms with E-state index in [2.05, 4.69) is 10.6 Å². The Balaban J connectivity index is 0.00000200. The Morgan fingerprint density at radius 2 is 2.20 bits per heavy atom. The molecule has 1 amide bonds. The molecule has 1 saturated heterocycles. The van der Waals surface area contributed by atoms with E-state index in [-0.39, 0.29) is 24.2 Å². The van der Waals surface area contributed by atoms with Crippen molar-refractivity contribution in [3.63, 3.8) is 0 Å². The molecule has 0 bridgehead atoms. The van der Waals surface area contributed by atoms with Crippen LogP contribution in [-0.2, 0) is 11.3 Å². The van der Waals surface area contributed by atoms with Gasteiger partial charge in [-0.3, -0.25) is 4.79 Å². The van der Waals surface area contributed by atoms with Crippen molar-refractivity contribution in [3.8, 4) is 5.75 Å². The Morgan fingerprint density at radius 3 is 2.75 bits per heavy atom. The van der Waals surface area contributed by atoms with Crippen LogP contribution in [0.1, 0.15) is 18.1 Å². The largest absolute Gasteiger partial charge is 0.496 e. The zero-order valence-corrected chi connectivity index (χ0v) is 13.0. The van der Waals surface area contributed by atoms with Crippen LogP contribution in [0.3, 0.4) is 0 Å². The van der Waals surface area contributed by atoms with Gasteiger partial charge in [-0.25, -0.2) is 0 Å². The lowest BCUT2D eigenvalue weighted by molar-refractivity contribution is -0.126. The Labute approximate surface area is 126 Å². The predicted molar refractivity (Wildman–Crippen MR) is 82.3 cm³/mol. The normalized spacial score (nSPS) is 15.8. The van der Waals surface area contributed by atoms with Crippen LogP contribution in [0.15, 0.2) is 18.2 Å². The summed E-state index contributed by atoms with van der Waals surface area (Å²) in [6, 6.07) is 6.01.